The summed E-state index contributed by atoms with van der Waals surface area (Å²) in [5.74, 6) is 6.69. The number of carbonyl (C=O) groups is 1. The summed E-state index contributed by atoms with van der Waals surface area (Å²) in [4.78, 5) is 12.0. The van der Waals surface area contributed by atoms with Crippen molar-refractivity contribution in [1.82, 2.24) is 10.6 Å². The van der Waals surface area contributed by atoms with Crippen molar-refractivity contribution in [1.29, 1.82) is 0 Å². The number of rotatable bonds is 10. The summed E-state index contributed by atoms with van der Waals surface area (Å²) in [7, 11) is 1.56. The summed E-state index contributed by atoms with van der Waals surface area (Å²) < 4.78 is 16.0. The summed E-state index contributed by atoms with van der Waals surface area (Å²) in [6.45, 7) is 1.25. The van der Waals surface area contributed by atoms with Crippen LogP contribution in [0.1, 0.15) is 11.1 Å². The molecule has 150 valence electrons. The molecule has 0 fully saturated rings. The number of nitrogens with one attached hydrogen (secondary N) is 2. The van der Waals surface area contributed by atoms with Crippen molar-refractivity contribution >= 4 is 6.03 Å². The van der Waals surface area contributed by atoms with Crippen molar-refractivity contribution in [3.8, 4) is 41.9 Å². The predicted octanol–water partition coefficient (Wildman–Crippen LogP) is 2.76. The Bertz CT molecular complexity index is 879. The minimum Gasteiger partial charge on any atom is -0.493 e. The Balaban J connectivity index is 1.75. The average molecular weight is 392 g/mol. The molecule has 0 saturated heterocycles. The first kappa shape index (κ1) is 21.5. The lowest BCUT2D eigenvalue weighted by atomic mass is 10.1. The van der Waals surface area contributed by atoms with Crippen molar-refractivity contribution < 1.29 is 19.0 Å². The van der Waals surface area contributed by atoms with Crippen molar-refractivity contribution in [3.05, 3.63) is 53.6 Å². The first-order valence-electron chi connectivity index (χ1n) is 9.06. The van der Waals surface area contributed by atoms with Crippen LogP contribution in [0, 0.1) is 24.7 Å². The molecule has 0 aliphatic heterocycles. The number of ether oxygens (including phenoxy) is 3. The van der Waals surface area contributed by atoms with E-state index in [-0.39, 0.29) is 19.2 Å². The van der Waals surface area contributed by atoms with E-state index in [4.69, 9.17) is 27.1 Å². The number of methoxy groups -OCH3 is 1. The Morgan fingerprint density at radius 3 is 2.31 bits per heavy atom. The molecule has 2 rings (SSSR count). The molecule has 0 aromatic heterocycles. The van der Waals surface area contributed by atoms with E-state index >= 15 is 0 Å². The molecule has 0 radical (unpaired) electrons. The summed E-state index contributed by atoms with van der Waals surface area (Å²) in [6, 6.07) is 12.8. The van der Waals surface area contributed by atoms with E-state index in [0.717, 1.165) is 16.9 Å². The fourth-order valence-corrected chi connectivity index (χ4v) is 2.51. The van der Waals surface area contributed by atoms with E-state index in [1.807, 2.05) is 30.3 Å². The third-order valence-corrected chi connectivity index (χ3v) is 3.94. The molecule has 6 nitrogen and oxygen atoms in total. The Kier molecular flexibility index (Phi) is 8.79. The van der Waals surface area contributed by atoms with Crippen LogP contribution in [-0.4, -0.2) is 32.9 Å². The highest BCUT2D eigenvalue weighted by atomic mass is 16.5. The van der Waals surface area contributed by atoms with Crippen LogP contribution in [0.4, 0.5) is 4.79 Å². The lowest BCUT2D eigenvalue weighted by Gasteiger charge is -2.12. The summed E-state index contributed by atoms with van der Waals surface area (Å²) in [6.07, 6.45) is 11.1. The predicted molar refractivity (Wildman–Crippen MR) is 112 cm³/mol. The lowest BCUT2D eigenvalue weighted by molar-refractivity contribution is 0.240. The van der Waals surface area contributed by atoms with Gasteiger partial charge in [-0.15, -0.1) is 12.8 Å². The molecule has 2 N–H and O–H groups in total. The minimum absolute atomic E-state index is 0.144. The Morgan fingerprint density at radius 2 is 1.62 bits per heavy atom. The van der Waals surface area contributed by atoms with Gasteiger partial charge in [0.1, 0.15) is 19.0 Å². The van der Waals surface area contributed by atoms with E-state index < -0.39 is 0 Å². The number of carbonyl (C=O) groups excluding carboxylic acids is 1. The van der Waals surface area contributed by atoms with Crippen LogP contribution in [0.2, 0.25) is 0 Å². The van der Waals surface area contributed by atoms with E-state index in [9.17, 15) is 4.79 Å². The maximum Gasteiger partial charge on any atom is 0.315 e. The SMILES string of the molecule is C#CCOc1ccc(CCNC(=O)NCc2ccc(OC)c(OCC#C)c2)cc1. The Hall–Kier alpha value is -3.77. The first-order chi connectivity index (χ1) is 14.2. The molecule has 0 aliphatic carbocycles. The molecule has 0 bridgehead atoms. The van der Waals surface area contributed by atoms with Crippen LogP contribution >= 0.6 is 0 Å². The maximum atomic E-state index is 12.0. The zero-order chi connectivity index (χ0) is 20.9. The highest BCUT2D eigenvalue weighted by Crippen LogP contribution is 2.27. The van der Waals surface area contributed by atoms with Crippen molar-refractivity contribution in [2.24, 2.45) is 0 Å². The van der Waals surface area contributed by atoms with Crippen LogP contribution in [0.3, 0.4) is 0 Å². The molecule has 6 heteroatoms. The highest BCUT2D eigenvalue weighted by molar-refractivity contribution is 5.73. The van der Waals surface area contributed by atoms with Gasteiger partial charge < -0.3 is 24.8 Å². The average Bonchev–Trinajstić information content (AvgIpc) is 2.75. The molecule has 0 atom stereocenters. The van der Waals surface area contributed by atoms with Crippen molar-refractivity contribution in [2.75, 3.05) is 26.9 Å². The van der Waals surface area contributed by atoms with Gasteiger partial charge in [-0.1, -0.05) is 30.0 Å². The van der Waals surface area contributed by atoms with Crippen LogP contribution in [0.25, 0.3) is 0 Å². The van der Waals surface area contributed by atoms with Gasteiger partial charge in [-0.3, -0.25) is 0 Å². The summed E-state index contributed by atoms with van der Waals surface area (Å²) in [5, 5.41) is 5.64. The fraction of sp³-hybridized carbons (Fsp3) is 0.261. The Labute approximate surface area is 171 Å². The van der Waals surface area contributed by atoms with Gasteiger partial charge in [-0.25, -0.2) is 4.79 Å². The molecular weight excluding hydrogens is 368 g/mol. The number of benzene rings is 2. The molecule has 0 aliphatic rings. The molecular formula is C23H24N2O4. The molecule has 0 heterocycles. The molecule has 2 aromatic rings. The lowest BCUT2D eigenvalue weighted by Crippen LogP contribution is -2.36. The van der Waals surface area contributed by atoms with E-state index in [2.05, 4.69) is 22.5 Å². The van der Waals surface area contributed by atoms with E-state index in [0.29, 0.717) is 31.0 Å². The van der Waals surface area contributed by atoms with Crippen LogP contribution in [0.5, 0.6) is 17.2 Å². The van der Waals surface area contributed by atoms with Gasteiger partial charge in [0.15, 0.2) is 11.5 Å². The smallest absolute Gasteiger partial charge is 0.315 e. The number of hydrogen-bond donors (Lipinski definition) is 2. The van der Waals surface area contributed by atoms with Gasteiger partial charge in [0.25, 0.3) is 0 Å². The Morgan fingerprint density at radius 1 is 0.931 bits per heavy atom. The second kappa shape index (κ2) is 11.8. The van der Waals surface area contributed by atoms with Gasteiger partial charge in [0.2, 0.25) is 0 Å². The van der Waals surface area contributed by atoms with Crippen LogP contribution < -0.4 is 24.8 Å². The number of urea groups is 1. The molecule has 0 unspecified atom stereocenters. The molecule has 29 heavy (non-hydrogen) atoms. The third-order valence-electron chi connectivity index (χ3n) is 3.94. The van der Waals surface area contributed by atoms with E-state index in [1.54, 1.807) is 19.2 Å². The van der Waals surface area contributed by atoms with Crippen LogP contribution in [-0.2, 0) is 13.0 Å². The molecule has 0 spiro atoms. The number of hydrogen-bond acceptors (Lipinski definition) is 4. The van der Waals surface area contributed by atoms with Gasteiger partial charge in [0.05, 0.1) is 7.11 Å². The number of amides is 2. The summed E-state index contributed by atoms with van der Waals surface area (Å²) in [5.41, 5.74) is 1.96. The highest BCUT2D eigenvalue weighted by Gasteiger charge is 2.07. The van der Waals surface area contributed by atoms with Crippen molar-refractivity contribution in [3.63, 3.8) is 0 Å². The quantitative estimate of drug-likeness (QED) is 0.610. The topological polar surface area (TPSA) is 68.8 Å². The largest absolute Gasteiger partial charge is 0.493 e. The van der Waals surface area contributed by atoms with Gasteiger partial charge in [-0.05, 0) is 41.8 Å². The first-order valence-corrected chi connectivity index (χ1v) is 9.06. The van der Waals surface area contributed by atoms with E-state index in [1.165, 1.54) is 0 Å². The summed E-state index contributed by atoms with van der Waals surface area (Å²) >= 11 is 0. The second-order valence-electron chi connectivity index (χ2n) is 5.97. The zero-order valence-corrected chi connectivity index (χ0v) is 16.4. The van der Waals surface area contributed by atoms with Gasteiger partial charge >= 0.3 is 6.03 Å². The van der Waals surface area contributed by atoms with Crippen LogP contribution in [0.15, 0.2) is 42.5 Å². The molecule has 2 aromatic carbocycles. The van der Waals surface area contributed by atoms with Gasteiger partial charge in [-0.2, -0.15) is 0 Å². The molecule has 0 saturated carbocycles. The second-order valence-corrected chi connectivity index (χ2v) is 5.97. The minimum atomic E-state index is -0.249. The maximum absolute atomic E-state index is 12.0. The van der Waals surface area contributed by atoms with Crippen molar-refractivity contribution in [2.45, 2.75) is 13.0 Å². The standard InChI is InChI=1S/C23H24N2O4/c1-4-14-28-20-9-6-18(7-10-20)12-13-24-23(26)25-17-19-8-11-21(27-3)22(16-19)29-15-5-2/h1-2,6-11,16H,12-15,17H2,3H3,(H2,24,25,26). The zero-order valence-electron chi connectivity index (χ0n) is 16.4. The molecule has 2 amide bonds. The fourth-order valence-electron chi connectivity index (χ4n) is 2.51. The third kappa shape index (κ3) is 7.40. The monoisotopic (exact) mass is 392 g/mol. The van der Waals surface area contributed by atoms with Gasteiger partial charge in [0, 0.05) is 13.1 Å². The number of terminal acetylenes is 2. The normalized spacial score (nSPS) is 9.62.